The lowest BCUT2D eigenvalue weighted by Gasteiger charge is -2.24. The predicted molar refractivity (Wildman–Crippen MR) is 97.5 cm³/mol. The molecule has 1 aromatic heterocycles. The molecule has 1 aliphatic heterocycles. The Hall–Kier alpha value is -2.21. The average molecular weight is 342 g/mol. The molecule has 1 aromatic carbocycles. The summed E-state index contributed by atoms with van der Waals surface area (Å²) in [5.74, 6) is 1.46. The van der Waals surface area contributed by atoms with Gasteiger partial charge in [-0.3, -0.25) is 0 Å². The first-order chi connectivity index (χ1) is 12.2. The Morgan fingerprint density at radius 1 is 1.12 bits per heavy atom. The van der Waals surface area contributed by atoms with Gasteiger partial charge in [0.05, 0.1) is 24.6 Å². The predicted octanol–water partition coefficient (Wildman–Crippen LogP) is 3.61. The van der Waals surface area contributed by atoms with Crippen LogP contribution < -0.4 is 10.1 Å². The van der Waals surface area contributed by atoms with E-state index >= 15 is 0 Å². The van der Waals surface area contributed by atoms with Gasteiger partial charge in [-0.1, -0.05) is 13.8 Å². The Morgan fingerprint density at radius 3 is 2.56 bits per heavy atom. The van der Waals surface area contributed by atoms with Gasteiger partial charge in [0.1, 0.15) is 11.9 Å². The van der Waals surface area contributed by atoms with Gasteiger partial charge in [-0.2, -0.15) is 0 Å². The van der Waals surface area contributed by atoms with Gasteiger partial charge >= 0.3 is 0 Å². The van der Waals surface area contributed by atoms with Crippen molar-refractivity contribution in [2.24, 2.45) is 0 Å². The molecule has 0 aliphatic carbocycles. The molecular formula is C19H26N4O2. The molecule has 0 saturated carbocycles. The van der Waals surface area contributed by atoms with Crippen molar-refractivity contribution in [3.8, 4) is 5.75 Å². The van der Waals surface area contributed by atoms with Crippen LogP contribution in [-0.2, 0) is 17.6 Å². The number of aromatic nitrogens is 3. The minimum absolute atomic E-state index is 0.243. The molecule has 2 aromatic rings. The first-order valence-corrected chi connectivity index (χ1v) is 9.04. The van der Waals surface area contributed by atoms with Crippen LogP contribution in [0.4, 0.5) is 11.6 Å². The van der Waals surface area contributed by atoms with Gasteiger partial charge in [0.15, 0.2) is 0 Å². The molecule has 1 aliphatic rings. The second-order valence-corrected chi connectivity index (χ2v) is 6.27. The summed E-state index contributed by atoms with van der Waals surface area (Å²) in [5, 5.41) is 11.7. The summed E-state index contributed by atoms with van der Waals surface area (Å²) in [4.78, 5) is 4.57. The third-order valence-electron chi connectivity index (χ3n) is 4.40. The van der Waals surface area contributed by atoms with E-state index in [2.05, 4.69) is 47.3 Å². The Kier molecular flexibility index (Phi) is 5.81. The maximum Gasteiger partial charge on any atom is 0.247 e. The minimum Gasteiger partial charge on any atom is -0.490 e. The van der Waals surface area contributed by atoms with Crippen LogP contribution in [0.5, 0.6) is 5.75 Å². The molecule has 0 unspecified atom stereocenters. The van der Waals surface area contributed by atoms with Crippen LogP contribution in [-0.4, -0.2) is 34.5 Å². The summed E-state index contributed by atoms with van der Waals surface area (Å²) in [6, 6.07) is 6.05. The molecule has 25 heavy (non-hydrogen) atoms. The fourth-order valence-electron chi connectivity index (χ4n) is 2.95. The summed E-state index contributed by atoms with van der Waals surface area (Å²) < 4.78 is 11.5. The molecule has 134 valence electrons. The lowest BCUT2D eigenvalue weighted by atomic mass is 10.1. The standard InChI is InChI=1S/C19H26N4O2/c1-4-16-17(5-2)22-23-19(21-16)20-14-6-7-18(13(3)12-14)25-15-8-10-24-11-9-15/h6-7,12,15H,4-5,8-11H2,1-3H3,(H,20,21,23). The molecule has 1 N–H and O–H groups in total. The van der Waals surface area contributed by atoms with Gasteiger partial charge in [0, 0.05) is 18.5 Å². The highest BCUT2D eigenvalue weighted by Crippen LogP contribution is 2.26. The Bertz CT molecular complexity index is 715. The van der Waals surface area contributed by atoms with E-state index in [1.54, 1.807) is 0 Å². The molecule has 0 spiro atoms. The van der Waals surface area contributed by atoms with Crippen molar-refractivity contribution in [3.63, 3.8) is 0 Å². The number of hydrogen-bond acceptors (Lipinski definition) is 6. The van der Waals surface area contributed by atoms with Crippen LogP contribution >= 0.6 is 0 Å². The number of rotatable bonds is 6. The summed E-state index contributed by atoms with van der Waals surface area (Å²) >= 11 is 0. The van der Waals surface area contributed by atoms with E-state index in [9.17, 15) is 0 Å². The zero-order valence-electron chi connectivity index (χ0n) is 15.2. The maximum absolute atomic E-state index is 6.11. The maximum atomic E-state index is 6.11. The van der Waals surface area contributed by atoms with Crippen molar-refractivity contribution in [1.29, 1.82) is 0 Å². The van der Waals surface area contributed by atoms with Crippen LogP contribution in [0, 0.1) is 6.92 Å². The molecule has 0 atom stereocenters. The molecule has 1 saturated heterocycles. The summed E-state index contributed by atoms with van der Waals surface area (Å²) in [6.45, 7) is 7.76. The number of hydrogen-bond donors (Lipinski definition) is 1. The number of nitrogens with one attached hydrogen (secondary N) is 1. The average Bonchev–Trinajstić information content (AvgIpc) is 2.64. The number of nitrogens with zero attached hydrogens (tertiary/aromatic N) is 3. The second kappa shape index (κ2) is 8.25. The third-order valence-corrected chi connectivity index (χ3v) is 4.40. The van der Waals surface area contributed by atoms with Crippen LogP contribution in [0.3, 0.4) is 0 Å². The number of benzene rings is 1. The molecule has 2 heterocycles. The highest BCUT2D eigenvalue weighted by Gasteiger charge is 2.16. The quantitative estimate of drug-likeness (QED) is 0.865. The monoisotopic (exact) mass is 342 g/mol. The zero-order valence-corrected chi connectivity index (χ0v) is 15.2. The molecule has 6 heteroatoms. The van der Waals surface area contributed by atoms with Crippen molar-refractivity contribution in [2.45, 2.75) is 52.6 Å². The molecular weight excluding hydrogens is 316 g/mol. The van der Waals surface area contributed by atoms with E-state index in [4.69, 9.17) is 9.47 Å². The van der Waals surface area contributed by atoms with Crippen LogP contribution in [0.1, 0.15) is 43.6 Å². The molecule has 3 rings (SSSR count). The smallest absolute Gasteiger partial charge is 0.247 e. The van der Waals surface area contributed by atoms with Gasteiger partial charge in [-0.05, 0) is 43.5 Å². The van der Waals surface area contributed by atoms with Gasteiger partial charge in [0.2, 0.25) is 5.95 Å². The fraction of sp³-hybridized carbons (Fsp3) is 0.526. The van der Waals surface area contributed by atoms with Gasteiger partial charge in [-0.15, -0.1) is 10.2 Å². The summed E-state index contributed by atoms with van der Waals surface area (Å²) in [7, 11) is 0. The van der Waals surface area contributed by atoms with Crippen LogP contribution in [0.25, 0.3) is 0 Å². The highest BCUT2D eigenvalue weighted by atomic mass is 16.5. The lowest BCUT2D eigenvalue weighted by Crippen LogP contribution is -2.26. The van der Waals surface area contributed by atoms with Crippen molar-refractivity contribution in [2.75, 3.05) is 18.5 Å². The first-order valence-electron chi connectivity index (χ1n) is 9.04. The third kappa shape index (κ3) is 4.45. The van der Waals surface area contributed by atoms with E-state index in [-0.39, 0.29) is 6.10 Å². The van der Waals surface area contributed by atoms with Crippen molar-refractivity contribution >= 4 is 11.6 Å². The number of ether oxygens (including phenoxy) is 2. The zero-order chi connectivity index (χ0) is 17.6. The first kappa shape index (κ1) is 17.6. The Labute approximate surface area is 149 Å². The molecule has 0 bridgehead atoms. The van der Waals surface area contributed by atoms with Crippen molar-refractivity contribution in [3.05, 3.63) is 35.2 Å². The van der Waals surface area contributed by atoms with E-state index < -0.39 is 0 Å². The Morgan fingerprint density at radius 2 is 1.88 bits per heavy atom. The van der Waals surface area contributed by atoms with Crippen molar-refractivity contribution in [1.82, 2.24) is 15.2 Å². The molecule has 0 amide bonds. The SMILES string of the molecule is CCc1nnc(Nc2ccc(OC3CCOCC3)c(C)c2)nc1CC. The molecule has 6 nitrogen and oxygen atoms in total. The van der Waals surface area contributed by atoms with Crippen LogP contribution in [0.15, 0.2) is 18.2 Å². The lowest BCUT2D eigenvalue weighted by molar-refractivity contribution is 0.0253. The number of anilines is 2. The van der Waals surface area contributed by atoms with Gasteiger partial charge in [0.25, 0.3) is 0 Å². The number of aryl methyl sites for hydroxylation is 3. The minimum atomic E-state index is 0.243. The fourth-order valence-corrected chi connectivity index (χ4v) is 2.95. The van der Waals surface area contributed by atoms with E-state index in [1.165, 1.54) is 0 Å². The van der Waals surface area contributed by atoms with E-state index in [1.807, 2.05) is 12.1 Å². The highest BCUT2D eigenvalue weighted by molar-refractivity contribution is 5.57. The largest absolute Gasteiger partial charge is 0.490 e. The van der Waals surface area contributed by atoms with E-state index in [0.29, 0.717) is 5.95 Å². The molecule has 1 fully saturated rings. The topological polar surface area (TPSA) is 69.2 Å². The Balaban J connectivity index is 1.70. The normalized spacial score (nSPS) is 15.2. The van der Waals surface area contributed by atoms with E-state index in [0.717, 1.165) is 67.3 Å². The molecule has 0 radical (unpaired) electrons. The van der Waals surface area contributed by atoms with Gasteiger partial charge in [-0.25, -0.2) is 4.98 Å². The second-order valence-electron chi connectivity index (χ2n) is 6.27. The summed E-state index contributed by atoms with van der Waals surface area (Å²) in [5.41, 5.74) is 3.98. The van der Waals surface area contributed by atoms with Crippen LogP contribution in [0.2, 0.25) is 0 Å². The van der Waals surface area contributed by atoms with Gasteiger partial charge < -0.3 is 14.8 Å². The summed E-state index contributed by atoms with van der Waals surface area (Å²) in [6.07, 6.45) is 3.84. The van der Waals surface area contributed by atoms with Crippen molar-refractivity contribution < 1.29 is 9.47 Å².